The highest BCUT2D eigenvalue weighted by atomic mass is 16.6. The molecule has 0 aromatic heterocycles. The van der Waals surface area contributed by atoms with Crippen LogP contribution in [-0.2, 0) is 14.3 Å². The molecular weight excluding hydrogens is 496 g/mol. The standard InChI is InChI=1S/C15H24O2.C11H20O.C10H16O/c1-12(2)13(16)17-14(3)8-7-11-15(14)9-5-4-6-10-15;1-10(12)6-5-9-11(10)7-3-2-4-8-11;11-9-5-4-8-10(9)6-2-1-3-7-10/h1,4-11H2,2-3H3;12H,2-9H2,1H3;1-8H2. The fourth-order valence-electron chi connectivity index (χ4n) is 9.82. The van der Waals surface area contributed by atoms with Crippen LogP contribution >= 0.6 is 0 Å². The van der Waals surface area contributed by atoms with Crippen molar-refractivity contribution in [2.45, 2.75) is 186 Å². The zero-order chi connectivity index (χ0) is 28.9. The van der Waals surface area contributed by atoms with Gasteiger partial charge in [0.1, 0.15) is 11.4 Å². The SMILES string of the molecule is C=C(C)C(=O)OC1(C)CCCC12CCCCC2.CC1(O)CCCC12CCCCC2.O=C1CCCC12CCCCC2. The fraction of sp³-hybridized carbons (Fsp3) is 0.889. The number of carbonyl (C=O) groups excluding carboxylic acids is 2. The Morgan fingerprint density at radius 1 is 0.650 bits per heavy atom. The molecule has 0 bridgehead atoms. The maximum absolute atomic E-state index is 11.8. The van der Waals surface area contributed by atoms with Gasteiger partial charge in [0.15, 0.2) is 0 Å². The van der Waals surface area contributed by atoms with E-state index in [9.17, 15) is 14.7 Å². The van der Waals surface area contributed by atoms with Crippen LogP contribution in [0.25, 0.3) is 0 Å². The third-order valence-corrected chi connectivity index (χ3v) is 12.6. The van der Waals surface area contributed by atoms with Crippen molar-refractivity contribution in [3.05, 3.63) is 12.2 Å². The van der Waals surface area contributed by atoms with E-state index >= 15 is 0 Å². The molecule has 0 heterocycles. The number of aliphatic hydroxyl groups is 1. The largest absolute Gasteiger partial charge is 0.455 e. The highest BCUT2D eigenvalue weighted by Crippen LogP contribution is 2.57. The number of hydrogen-bond donors (Lipinski definition) is 1. The number of hydrogen-bond acceptors (Lipinski definition) is 4. The minimum atomic E-state index is -0.340. The Hall–Kier alpha value is -1.16. The quantitative estimate of drug-likeness (QED) is 0.272. The van der Waals surface area contributed by atoms with Gasteiger partial charge in [0.05, 0.1) is 5.60 Å². The molecule has 0 aromatic carbocycles. The van der Waals surface area contributed by atoms with E-state index in [4.69, 9.17) is 4.74 Å². The van der Waals surface area contributed by atoms with E-state index < -0.39 is 0 Å². The lowest BCUT2D eigenvalue weighted by Gasteiger charge is -2.45. The molecule has 6 rings (SSSR count). The molecule has 4 nitrogen and oxygen atoms in total. The van der Waals surface area contributed by atoms with Gasteiger partial charge in [-0.2, -0.15) is 0 Å². The second-order valence-corrected chi connectivity index (χ2v) is 15.2. The third kappa shape index (κ3) is 6.57. The molecule has 228 valence electrons. The summed E-state index contributed by atoms with van der Waals surface area (Å²) in [6.45, 7) is 9.62. The van der Waals surface area contributed by atoms with E-state index in [2.05, 4.69) is 20.4 Å². The molecule has 6 aliphatic rings. The lowest BCUT2D eigenvalue weighted by Crippen LogP contribution is -2.46. The Labute approximate surface area is 245 Å². The van der Waals surface area contributed by atoms with Crippen molar-refractivity contribution in [1.82, 2.24) is 0 Å². The van der Waals surface area contributed by atoms with Gasteiger partial charge in [-0.15, -0.1) is 0 Å². The fourth-order valence-corrected chi connectivity index (χ4v) is 9.82. The second-order valence-electron chi connectivity index (χ2n) is 15.2. The van der Waals surface area contributed by atoms with Gasteiger partial charge >= 0.3 is 5.97 Å². The smallest absolute Gasteiger partial charge is 0.333 e. The van der Waals surface area contributed by atoms with Gasteiger partial charge in [-0.05, 0) is 116 Å². The van der Waals surface area contributed by atoms with Crippen molar-refractivity contribution in [1.29, 1.82) is 0 Å². The lowest BCUT2D eigenvalue weighted by atomic mass is 9.65. The zero-order valence-corrected chi connectivity index (χ0v) is 26.3. The van der Waals surface area contributed by atoms with Crippen LogP contribution in [-0.4, -0.2) is 28.1 Å². The minimum absolute atomic E-state index is 0.193. The number of Topliss-reactive ketones (excluding diaryl/α,β-unsaturated/α-hetero) is 1. The topological polar surface area (TPSA) is 63.6 Å². The molecule has 4 heteroatoms. The van der Waals surface area contributed by atoms with Crippen molar-refractivity contribution >= 4 is 11.8 Å². The molecule has 2 atom stereocenters. The molecule has 40 heavy (non-hydrogen) atoms. The number of carbonyl (C=O) groups is 2. The first kappa shape index (κ1) is 31.8. The molecule has 6 fully saturated rings. The van der Waals surface area contributed by atoms with Crippen LogP contribution in [0.4, 0.5) is 0 Å². The van der Waals surface area contributed by atoms with Crippen LogP contribution in [0, 0.1) is 16.2 Å². The van der Waals surface area contributed by atoms with Gasteiger partial charge < -0.3 is 9.84 Å². The summed E-state index contributed by atoms with van der Waals surface area (Å²) in [6, 6.07) is 0. The zero-order valence-electron chi connectivity index (χ0n) is 26.3. The molecule has 0 amide bonds. The summed E-state index contributed by atoms with van der Waals surface area (Å²) in [4.78, 5) is 23.4. The monoisotopic (exact) mass is 556 g/mol. The Morgan fingerprint density at radius 3 is 1.57 bits per heavy atom. The first-order valence-electron chi connectivity index (χ1n) is 17.1. The first-order chi connectivity index (χ1) is 19.0. The van der Waals surface area contributed by atoms with Crippen LogP contribution in [0.3, 0.4) is 0 Å². The van der Waals surface area contributed by atoms with Gasteiger partial charge in [-0.25, -0.2) is 4.79 Å². The van der Waals surface area contributed by atoms with Gasteiger partial charge in [-0.1, -0.05) is 64.4 Å². The molecule has 6 saturated carbocycles. The van der Waals surface area contributed by atoms with Gasteiger partial charge in [-0.3, -0.25) is 4.79 Å². The van der Waals surface area contributed by atoms with E-state index in [-0.39, 0.29) is 28.0 Å². The normalized spacial score (nSPS) is 33.6. The summed E-state index contributed by atoms with van der Waals surface area (Å²) < 4.78 is 5.82. The number of rotatable bonds is 2. The maximum atomic E-state index is 11.8. The summed E-state index contributed by atoms with van der Waals surface area (Å²) in [5.74, 6) is 0.372. The van der Waals surface area contributed by atoms with Crippen LogP contribution < -0.4 is 0 Å². The summed E-state index contributed by atoms with van der Waals surface area (Å²) in [5.41, 5.74) is 0.709. The Morgan fingerprint density at radius 2 is 1.10 bits per heavy atom. The maximum Gasteiger partial charge on any atom is 0.333 e. The Balaban J connectivity index is 0.000000143. The summed E-state index contributed by atoms with van der Waals surface area (Å²) in [6.07, 6.45) is 29.6. The average molecular weight is 557 g/mol. The first-order valence-corrected chi connectivity index (χ1v) is 17.1. The van der Waals surface area contributed by atoms with Crippen molar-refractivity contribution in [3.8, 4) is 0 Å². The molecule has 3 spiro atoms. The average Bonchev–Trinajstić information content (AvgIpc) is 3.54. The van der Waals surface area contributed by atoms with E-state index in [1.807, 2.05) is 0 Å². The molecule has 2 unspecified atom stereocenters. The molecule has 0 aliphatic heterocycles. The Kier molecular flexibility index (Phi) is 10.3. The van der Waals surface area contributed by atoms with E-state index in [0.717, 1.165) is 19.3 Å². The summed E-state index contributed by atoms with van der Waals surface area (Å²) in [5, 5.41) is 10.3. The van der Waals surface area contributed by atoms with Crippen LogP contribution in [0.1, 0.15) is 175 Å². The molecule has 0 aromatic rings. The number of ether oxygens (including phenoxy) is 1. The van der Waals surface area contributed by atoms with E-state index in [1.165, 1.54) is 135 Å². The van der Waals surface area contributed by atoms with Crippen LogP contribution in [0.2, 0.25) is 0 Å². The number of esters is 1. The Bertz CT molecular complexity index is 882. The molecule has 0 saturated heterocycles. The second kappa shape index (κ2) is 13.0. The van der Waals surface area contributed by atoms with Gasteiger partial charge in [0.25, 0.3) is 0 Å². The highest BCUT2D eigenvalue weighted by Gasteiger charge is 2.54. The molecule has 6 aliphatic carbocycles. The molecule has 1 N–H and O–H groups in total. The van der Waals surface area contributed by atoms with Crippen molar-refractivity contribution < 1.29 is 19.4 Å². The van der Waals surface area contributed by atoms with E-state index in [1.54, 1.807) is 6.92 Å². The van der Waals surface area contributed by atoms with Crippen molar-refractivity contribution in [2.24, 2.45) is 16.2 Å². The van der Waals surface area contributed by atoms with Crippen molar-refractivity contribution in [2.75, 3.05) is 0 Å². The third-order valence-electron chi connectivity index (χ3n) is 12.6. The summed E-state index contributed by atoms with van der Waals surface area (Å²) >= 11 is 0. The lowest BCUT2D eigenvalue weighted by molar-refractivity contribution is -0.168. The predicted octanol–water partition coefficient (Wildman–Crippen LogP) is 9.56. The molecular formula is C36H60O4. The van der Waals surface area contributed by atoms with Gasteiger partial charge in [0, 0.05) is 22.8 Å². The van der Waals surface area contributed by atoms with Gasteiger partial charge in [0.2, 0.25) is 0 Å². The molecule has 0 radical (unpaired) electrons. The number of ketones is 1. The predicted molar refractivity (Wildman–Crippen MR) is 163 cm³/mol. The highest BCUT2D eigenvalue weighted by molar-refractivity contribution is 5.87. The summed E-state index contributed by atoms with van der Waals surface area (Å²) in [7, 11) is 0. The van der Waals surface area contributed by atoms with Crippen LogP contribution in [0.15, 0.2) is 12.2 Å². The van der Waals surface area contributed by atoms with Crippen LogP contribution in [0.5, 0.6) is 0 Å². The van der Waals surface area contributed by atoms with E-state index in [0.29, 0.717) is 16.8 Å². The minimum Gasteiger partial charge on any atom is -0.455 e. The van der Waals surface area contributed by atoms with Crippen molar-refractivity contribution in [3.63, 3.8) is 0 Å².